The predicted octanol–water partition coefficient (Wildman–Crippen LogP) is 3.26. The van der Waals surface area contributed by atoms with Gasteiger partial charge in [-0.3, -0.25) is 4.90 Å². The van der Waals surface area contributed by atoms with Gasteiger partial charge in [-0.15, -0.1) is 0 Å². The molecule has 1 heterocycles. The third kappa shape index (κ3) is 3.01. The SMILES string of the molecule is CC(C)CN1C[C@@H](C)[C@@](O)(c2ccccc2)C[C@@H]1C. The largest absolute Gasteiger partial charge is 0.385 e. The Hall–Kier alpha value is -0.860. The molecule has 1 saturated heterocycles. The molecule has 0 aromatic heterocycles. The first-order valence-electron chi connectivity index (χ1n) is 7.45. The van der Waals surface area contributed by atoms with Crippen molar-refractivity contribution in [2.75, 3.05) is 13.1 Å². The van der Waals surface area contributed by atoms with Crippen LogP contribution in [-0.4, -0.2) is 29.1 Å². The van der Waals surface area contributed by atoms with Crippen LogP contribution in [0.25, 0.3) is 0 Å². The lowest BCUT2D eigenvalue weighted by Crippen LogP contribution is -2.53. The second-order valence-electron chi connectivity index (χ2n) is 6.59. The van der Waals surface area contributed by atoms with Crippen LogP contribution in [0.5, 0.6) is 0 Å². The number of piperidine rings is 1. The standard InChI is InChI=1S/C17H27NO/c1-13(2)11-18-12-14(3)17(19,10-15(18)4)16-8-6-5-7-9-16/h5-9,13-15,19H,10-12H2,1-4H3/t14-,15+,17-/m1/s1. The lowest BCUT2D eigenvalue weighted by Gasteiger charge is -2.47. The highest BCUT2D eigenvalue weighted by atomic mass is 16.3. The van der Waals surface area contributed by atoms with Gasteiger partial charge in [0.25, 0.3) is 0 Å². The Kier molecular flexibility index (Phi) is 4.32. The molecule has 0 amide bonds. The first-order chi connectivity index (χ1) is 8.93. The van der Waals surface area contributed by atoms with E-state index >= 15 is 0 Å². The summed E-state index contributed by atoms with van der Waals surface area (Å²) in [6.45, 7) is 11.0. The minimum atomic E-state index is -0.672. The van der Waals surface area contributed by atoms with Crippen molar-refractivity contribution in [3.8, 4) is 0 Å². The lowest BCUT2D eigenvalue weighted by molar-refractivity contribution is -0.0925. The fraction of sp³-hybridized carbons (Fsp3) is 0.647. The van der Waals surface area contributed by atoms with Gasteiger partial charge in [0, 0.05) is 25.0 Å². The minimum Gasteiger partial charge on any atom is -0.385 e. The van der Waals surface area contributed by atoms with Gasteiger partial charge >= 0.3 is 0 Å². The van der Waals surface area contributed by atoms with Gasteiger partial charge in [0.1, 0.15) is 0 Å². The fourth-order valence-corrected chi connectivity index (χ4v) is 3.32. The number of benzene rings is 1. The number of hydrogen-bond donors (Lipinski definition) is 1. The van der Waals surface area contributed by atoms with Crippen molar-refractivity contribution < 1.29 is 5.11 Å². The van der Waals surface area contributed by atoms with E-state index in [4.69, 9.17) is 0 Å². The molecule has 1 fully saturated rings. The molecule has 0 aliphatic carbocycles. The van der Waals surface area contributed by atoms with Gasteiger partial charge in [-0.05, 0) is 24.8 Å². The normalized spacial score (nSPS) is 32.7. The summed E-state index contributed by atoms with van der Waals surface area (Å²) < 4.78 is 0. The van der Waals surface area contributed by atoms with Crippen molar-refractivity contribution in [3.05, 3.63) is 35.9 Å². The molecule has 2 nitrogen and oxygen atoms in total. The molecule has 2 rings (SSSR count). The molecule has 0 spiro atoms. The molecule has 0 bridgehead atoms. The van der Waals surface area contributed by atoms with Crippen molar-refractivity contribution in [3.63, 3.8) is 0 Å². The van der Waals surface area contributed by atoms with E-state index in [1.807, 2.05) is 18.2 Å². The Morgan fingerprint density at radius 2 is 1.89 bits per heavy atom. The third-order valence-electron chi connectivity index (χ3n) is 4.43. The monoisotopic (exact) mass is 261 g/mol. The maximum Gasteiger partial charge on any atom is 0.0948 e. The zero-order valence-electron chi connectivity index (χ0n) is 12.6. The summed E-state index contributed by atoms with van der Waals surface area (Å²) >= 11 is 0. The average molecular weight is 261 g/mol. The summed E-state index contributed by atoms with van der Waals surface area (Å²) in [5, 5.41) is 11.1. The first kappa shape index (κ1) is 14.5. The van der Waals surface area contributed by atoms with E-state index in [0.717, 1.165) is 25.1 Å². The Morgan fingerprint density at radius 1 is 1.26 bits per heavy atom. The van der Waals surface area contributed by atoms with Crippen molar-refractivity contribution >= 4 is 0 Å². The molecule has 2 heteroatoms. The van der Waals surface area contributed by atoms with Gasteiger partial charge in [0.2, 0.25) is 0 Å². The van der Waals surface area contributed by atoms with Gasteiger partial charge in [-0.2, -0.15) is 0 Å². The van der Waals surface area contributed by atoms with Crippen molar-refractivity contribution in [2.24, 2.45) is 11.8 Å². The lowest BCUT2D eigenvalue weighted by atomic mass is 9.74. The molecule has 1 aliphatic rings. The van der Waals surface area contributed by atoms with Crippen LogP contribution < -0.4 is 0 Å². The Bertz CT molecular complexity index is 403. The molecule has 1 aliphatic heterocycles. The van der Waals surface area contributed by atoms with Crippen LogP contribution >= 0.6 is 0 Å². The van der Waals surface area contributed by atoms with Gasteiger partial charge < -0.3 is 5.11 Å². The Balaban J connectivity index is 2.18. The van der Waals surface area contributed by atoms with Gasteiger partial charge in [0.05, 0.1) is 5.60 Å². The summed E-state index contributed by atoms with van der Waals surface area (Å²) in [6, 6.07) is 10.6. The number of hydrogen-bond acceptors (Lipinski definition) is 2. The summed E-state index contributed by atoms with van der Waals surface area (Å²) in [5.41, 5.74) is 0.396. The van der Waals surface area contributed by atoms with Crippen LogP contribution in [0.4, 0.5) is 0 Å². The molecule has 106 valence electrons. The van der Waals surface area contributed by atoms with Crippen LogP contribution in [0.2, 0.25) is 0 Å². The van der Waals surface area contributed by atoms with Crippen molar-refractivity contribution in [2.45, 2.75) is 45.8 Å². The van der Waals surface area contributed by atoms with Crippen molar-refractivity contribution in [1.82, 2.24) is 4.90 Å². The van der Waals surface area contributed by atoms with Crippen LogP contribution in [0.1, 0.15) is 39.7 Å². The topological polar surface area (TPSA) is 23.5 Å². The van der Waals surface area contributed by atoms with E-state index in [-0.39, 0.29) is 5.92 Å². The number of likely N-dealkylation sites (tertiary alicyclic amines) is 1. The minimum absolute atomic E-state index is 0.268. The third-order valence-corrected chi connectivity index (χ3v) is 4.43. The van der Waals surface area contributed by atoms with E-state index < -0.39 is 5.60 Å². The summed E-state index contributed by atoms with van der Waals surface area (Å²) in [7, 11) is 0. The zero-order chi connectivity index (χ0) is 14.0. The molecule has 1 aromatic rings. The van der Waals surface area contributed by atoms with Gasteiger partial charge in [-0.1, -0.05) is 51.1 Å². The maximum atomic E-state index is 11.1. The fourth-order valence-electron chi connectivity index (χ4n) is 3.32. The van der Waals surface area contributed by atoms with E-state index in [1.165, 1.54) is 0 Å². The highest BCUT2D eigenvalue weighted by Crippen LogP contribution is 2.39. The second-order valence-corrected chi connectivity index (χ2v) is 6.59. The van der Waals surface area contributed by atoms with Crippen LogP contribution in [0.3, 0.4) is 0 Å². The van der Waals surface area contributed by atoms with Gasteiger partial charge in [-0.25, -0.2) is 0 Å². The maximum absolute atomic E-state index is 11.1. The quantitative estimate of drug-likeness (QED) is 0.902. The molecule has 0 radical (unpaired) electrons. The van der Waals surface area contributed by atoms with E-state index in [0.29, 0.717) is 12.0 Å². The van der Waals surface area contributed by atoms with Crippen LogP contribution in [0, 0.1) is 11.8 Å². The predicted molar refractivity (Wildman–Crippen MR) is 80.0 cm³/mol. The molecular formula is C17H27NO. The molecule has 1 aromatic carbocycles. The summed E-state index contributed by atoms with van der Waals surface area (Å²) in [6.07, 6.45) is 0.824. The second kappa shape index (κ2) is 5.64. The smallest absolute Gasteiger partial charge is 0.0948 e. The van der Waals surface area contributed by atoms with E-state index in [2.05, 4.69) is 44.7 Å². The van der Waals surface area contributed by atoms with Crippen LogP contribution in [0.15, 0.2) is 30.3 Å². The van der Waals surface area contributed by atoms with E-state index in [9.17, 15) is 5.11 Å². The highest BCUT2D eigenvalue weighted by Gasteiger charge is 2.43. The summed E-state index contributed by atoms with van der Waals surface area (Å²) in [4.78, 5) is 2.52. The number of nitrogens with zero attached hydrogens (tertiary/aromatic N) is 1. The van der Waals surface area contributed by atoms with Crippen molar-refractivity contribution in [1.29, 1.82) is 0 Å². The van der Waals surface area contributed by atoms with E-state index in [1.54, 1.807) is 0 Å². The molecule has 1 N–H and O–H groups in total. The number of rotatable bonds is 3. The zero-order valence-corrected chi connectivity index (χ0v) is 12.6. The summed E-state index contributed by atoms with van der Waals surface area (Å²) in [5.74, 6) is 0.947. The van der Waals surface area contributed by atoms with Gasteiger partial charge in [0.15, 0.2) is 0 Å². The average Bonchev–Trinajstić information content (AvgIpc) is 2.36. The molecule has 19 heavy (non-hydrogen) atoms. The van der Waals surface area contributed by atoms with Crippen LogP contribution in [-0.2, 0) is 5.60 Å². The highest BCUT2D eigenvalue weighted by molar-refractivity contribution is 5.24. The molecular weight excluding hydrogens is 234 g/mol. The molecule has 0 unspecified atom stereocenters. The first-order valence-corrected chi connectivity index (χ1v) is 7.45. The molecule has 3 atom stereocenters. The number of aliphatic hydroxyl groups is 1. The Morgan fingerprint density at radius 3 is 2.47 bits per heavy atom. The Labute approximate surface area is 117 Å². The molecule has 0 saturated carbocycles.